The Morgan fingerprint density at radius 2 is 1.89 bits per heavy atom. The molecule has 0 unspecified atom stereocenters. The van der Waals surface area contributed by atoms with E-state index in [0.29, 0.717) is 25.4 Å². The van der Waals surface area contributed by atoms with Crippen molar-refractivity contribution in [1.82, 2.24) is 4.31 Å². The highest BCUT2D eigenvalue weighted by molar-refractivity contribution is 7.89. The molecule has 1 aromatic carbocycles. The molecule has 1 aliphatic rings. The first kappa shape index (κ1) is 13.8. The molecule has 0 saturated heterocycles. The average Bonchev–Trinajstić information content (AvgIpc) is 2.38. The molecule has 0 spiro atoms. The van der Waals surface area contributed by atoms with Crippen molar-refractivity contribution in [3.05, 3.63) is 35.4 Å². The third kappa shape index (κ3) is 3.25. The summed E-state index contributed by atoms with van der Waals surface area (Å²) in [7, 11) is -3.12. The highest BCUT2D eigenvalue weighted by Gasteiger charge is 2.25. The number of fused-ring (bicyclic) bond motifs is 1. The van der Waals surface area contributed by atoms with E-state index in [1.165, 1.54) is 5.56 Å². The molecule has 0 radical (unpaired) electrons. The van der Waals surface area contributed by atoms with Crippen molar-refractivity contribution < 1.29 is 8.42 Å². The Morgan fingerprint density at radius 3 is 2.61 bits per heavy atom. The van der Waals surface area contributed by atoms with Gasteiger partial charge in [-0.2, -0.15) is 4.31 Å². The maximum absolute atomic E-state index is 12.2. The number of benzene rings is 1. The van der Waals surface area contributed by atoms with Gasteiger partial charge in [0.15, 0.2) is 0 Å². The second-order valence-electron chi connectivity index (χ2n) is 4.56. The van der Waals surface area contributed by atoms with Gasteiger partial charge < -0.3 is 0 Å². The van der Waals surface area contributed by atoms with E-state index < -0.39 is 10.0 Å². The van der Waals surface area contributed by atoms with Gasteiger partial charge in [0.05, 0.1) is 5.75 Å². The Balaban J connectivity index is 2.04. The van der Waals surface area contributed by atoms with Crippen LogP contribution in [0.4, 0.5) is 0 Å². The maximum Gasteiger partial charge on any atom is 0.214 e. The second kappa shape index (κ2) is 6.04. The van der Waals surface area contributed by atoms with E-state index >= 15 is 0 Å². The first-order valence-electron chi connectivity index (χ1n) is 6.24. The van der Waals surface area contributed by atoms with Crippen LogP contribution in [0.3, 0.4) is 0 Å². The zero-order valence-corrected chi connectivity index (χ0v) is 11.9. The smallest absolute Gasteiger partial charge is 0.212 e. The molecule has 0 amide bonds. The molecular formula is C13H18ClNO2S. The molecular weight excluding hydrogens is 270 g/mol. The average molecular weight is 288 g/mol. The molecule has 1 aromatic rings. The summed E-state index contributed by atoms with van der Waals surface area (Å²) < 4.78 is 25.9. The third-order valence-electron chi connectivity index (χ3n) is 3.27. The SMILES string of the molecule is O=S(=O)(CCCCCl)N1CCc2ccccc2C1. The van der Waals surface area contributed by atoms with Crippen LogP contribution >= 0.6 is 11.6 Å². The summed E-state index contributed by atoms with van der Waals surface area (Å²) in [6.45, 7) is 1.11. The maximum atomic E-state index is 12.2. The van der Waals surface area contributed by atoms with Crippen LogP contribution in [0.5, 0.6) is 0 Å². The van der Waals surface area contributed by atoms with Crippen molar-refractivity contribution in [1.29, 1.82) is 0 Å². The van der Waals surface area contributed by atoms with E-state index in [1.54, 1.807) is 4.31 Å². The van der Waals surface area contributed by atoms with Crippen LogP contribution in [0.2, 0.25) is 0 Å². The van der Waals surface area contributed by atoms with Crippen LogP contribution in [-0.2, 0) is 23.0 Å². The zero-order chi connectivity index (χ0) is 13.0. The van der Waals surface area contributed by atoms with Crippen LogP contribution in [0.25, 0.3) is 0 Å². The quantitative estimate of drug-likeness (QED) is 0.616. The Kier molecular flexibility index (Phi) is 4.65. The van der Waals surface area contributed by atoms with Crippen LogP contribution in [0, 0.1) is 0 Å². The normalized spacial score (nSPS) is 16.5. The monoisotopic (exact) mass is 287 g/mol. The number of alkyl halides is 1. The standard InChI is InChI=1S/C13H18ClNO2S/c14-8-3-4-10-18(16,17)15-9-7-12-5-1-2-6-13(12)11-15/h1-2,5-6H,3-4,7-11H2. The van der Waals surface area contributed by atoms with E-state index in [9.17, 15) is 8.42 Å². The predicted octanol–water partition coefficient (Wildman–Crippen LogP) is 2.39. The zero-order valence-electron chi connectivity index (χ0n) is 10.3. The van der Waals surface area contributed by atoms with Crippen molar-refractivity contribution in [2.24, 2.45) is 0 Å². The van der Waals surface area contributed by atoms with E-state index in [0.717, 1.165) is 18.4 Å². The van der Waals surface area contributed by atoms with Gasteiger partial charge in [-0.3, -0.25) is 0 Å². The first-order chi connectivity index (χ1) is 8.63. The molecule has 0 aliphatic carbocycles. The number of rotatable bonds is 5. The van der Waals surface area contributed by atoms with Crippen molar-refractivity contribution in [2.45, 2.75) is 25.8 Å². The number of sulfonamides is 1. The van der Waals surface area contributed by atoms with Crippen LogP contribution in [0.1, 0.15) is 24.0 Å². The van der Waals surface area contributed by atoms with Crippen LogP contribution in [0.15, 0.2) is 24.3 Å². The molecule has 0 fully saturated rings. The highest BCUT2D eigenvalue weighted by Crippen LogP contribution is 2.21. The van der Waals surface area contributed by atoms with Crippen LogP contribution in [-0.4, -0.2) is 30.9 Å². The Labute approximate surface area is 114 Å². The van der Waals surface area contributed by atoms with Crippen molar-refractivity contribution in [3.63, 3.8) is 0 Å². The van der Waals surface area contributed by atoms with Gasteiger partial charge in [-0.15, -0.1) is 11.6 Å². The number of hydrogen-bond donors (Lipinski definition) is 0. The molecule has 0 saturated carbocycles. The predicted molar refractivity (Wildman–Crippen MR) is 74.3 cm³/mol. The Hall–Kier alpha value is -0.580. The van der Waals surface area contributed by atoms with Crippen molar-refractivity contribution in [2.75, 3.05) is 18.2 Å². The molecule has 5 heteroatoms. The van der Waals surface area contributed by atoms with E-state index in [-0.39, 0.29) is 5.75 Å². The van der Waals surface area contributed by atoms with Gasteiger partial charge in [0.2, 0.25) is 10.0 Å². The molecule has 0 atom stereocenters. The first-order valence-corrected chi connectivity index (χ1v) is 8.38. The molecule has 3 nitrogen and oxygen atoms in total. The summed E-state index contributed by atoms with van der Waals surface area (Å²) >= 11 is 5.57. The fraction of sp³-hybridized carbons (Fsp3) is 0.538. The van der Waals surface area contributed by atoms with Gasteiger partial charge in [0, 0.05) is 19.0 Å². The van der Waals surface area contributed by atoms with E-state index in [1.807, 2.05) is 18.2 Å². The van der Waals surface area contributed by atoms with Crippen LogP contribution < -0.4 is 0 Å². The molecule has 18 heavy (non-hydrogen) atoms. The number of nitrogens with zero attached hydrogens (tertiary/aromatic N) is 1. The fourth-order valence-electron chi connectivity index (χ4n) is 2.22. The lowest BCUT2D eigenvalue weighted by atomic mass is 10.0. The number of hydrogen-bond acceptors (Lipinski definition) is 2. The lowest BCUT2D eigenvalue weighted by Crippen LogP contribution is -2.37. The largest absolute Gasteiger partial charge is 0.214 e. The summed E-state index contributed by atoms with van der Waals surface area (Å²) in [5, 5.41) is 0. The molecule has 100 valence electrons. The molecule has 0 aromatic heterocycles. The number of halogens is 1. The summed E-state index contributed by atoms with van der Waals surface area (Å²) in [6, 6.07) is 8.05. The lowest BCUT2D eigenvalue weighted by Gasteiger charge is -2.28. The fourth-order valence-corrected chi connectivity index (χ4v) is 3.94. The lowest BCUT2D eigenvalue weighted by molar-refractivity contribution is 0.390. The summed E-state index contributed by atoms with van der Waals surface area (Å²) in [6.07, 6.45) is 2.21. The van der Waals surface area contributed by atoms with Gasteiger partial charge in [0.25, 0.3) is 0 Å². The van der Waals surface area contributed by atoms with Gasteiger partial charge in [0.1, 0.15) is 0 Å². The molecule has 0 bridgehead atoms. The van der Waals surface area contributed by atoms with Crippen molar-refractivity contribution in [3.8, 4) is 0 Å². The van der Waals surface area contributed by atoms with Gasteiger partial charge >= 0.3 is 0 Å². The molecule has 1 heterocycles. The Bertz CT molecular complexity index is 501. The molecule has 0 N–H and O–H groups in total. The Morgan fingerprint density at radius 1 is 1.17 bits per heavy atom. The molecule has 1 aliphatic heterocycles. The minimum absolute atomic E-state index is 0.210. The summed E-state index contributed by atoms with van der Waals surface area (Å²) in [5.41, 5.74) is 2.40. The highest BCUT2D eigenvalue weighted by atomic mass is 35.5. The van der Waals surface area contributed by atoms with Gasteiger partial charge in [-0.05, 0) is 30.4 Å². The van der Waals surface area contributed by atoms with E-state index in [2.05, 4.69) is 6.07 Å². The topological polar surface area (TPSA) is 37.4 Å². The third-order valence-corrected chi connectivity index (χ3v) is 5.45. The minimum Gasteiger partial charge on any atom is -0.212 e. The van der Waals surface area contributed by atoms with Gasteiger partial charge in [-0.25, -0.2) is 8.42 Å². The van der Waals surface area contributed by atoms with E-state index in [4.69, 9.17) is 11.6 Å². The van der Waals surface area contributed by atoms with Gasteiger partial charge in [-0.1, -0.05) is 24.3 Å². The number of unbranched alkanes of at least 4 members (excludes halogenated alkanes) is 1. The second-order valence-corrected chi connectivity index (χ2v) is 7.03. The molecule has 2 rings (SSSR count). The summed E-state index contributed by atoms with van der Waals surface area (Å²) in [4.78, 5) is 0. The summed E-state index contributed by atoms with van der Waals surface area (Å²) in [5.74, 6) is 0.736. The van der Waals surface area contributed by atoms with Crippen molar-refractivity contribution >= 4 is 21.6 Å². The minimum atomic E-state index is -3.12.